The van der Waals surface area contributed by atoms with Crippen LogP contribution in [0.5, 0.6) is 0 Å². The summed E-state index contributed by atoms with van der Waals surface area (Å²) in [7, 11) is 0. The van der Waals surface area contributed by atoms with Gasteiger partial charge in [-0.25, -0.2) is 0 Å². The van der Waals surface area contributed by atoms with E-state index in [9.17, 15) is 0 Å². The molecular formula is C12H19Mg. The Kier molecular flexibility index (Phi) is 4.47. The Morgan fingerprint density at radius 2 is 0.846 bits per heavy atom. The lowest BCUT2D eigenvalue weighted by atomic mass is 9.90. The van der Waals surface area contributed by atoms with Crippen molar-refractivity contribution in [3.05, 3.63) is 40.3 Å². The maximum absolute atomic E-state index is 4.08. The van der Waals surface area contributed by atoms with Gasteiger partial charge in [-0.2, -0.15) is 0 Å². The highest BCUT2D eigenvalue weighted by atomic mass is 24.3. The van der Waals surface area contributed by atoms with Crippen LogP contribution in [0, 0.1) is 41.5 Å². The standard InChI is InChI=1S/C12H17.Mg.2H/c1-7-8(2)10(4)12(6)11(5)9(7)3;;;/h1H2,2-6H3;;;. The van der Waals surface area contributed by atoms with Crippen LogP contribution >= 0.6 is 0 Å². The van der Waals surface area contributed by atoms with Crippen LogP contribution in [-0.2, 0) is 0 Å². The summed E-state index contributed by atoms with van der Waals surface area (Å²) in [4.78, 5) is 0. The Balaban J connectivity index is 0.00000144. The molecule has 0 aromatic heterocycles. The zero-order valence-electron chi connectivity index (χ0n) is 8.71. The third-order valence-corrected chi connectivity index (χ3v) is 3.16. The van der Waals surface area contributed by atoms with E-state index < -0.39 is 0 Å². The van der Waals surface area contributed by atoms with Crippen LogP contribution in [0.4, 0.5) is 0 Å². The molecule has 0 aliphatic carbocycles. The summed E-state index contributed by atoms with van der Waals surface area (Å²) in [5, 5.41) is 0. The van der Waals surface area contributed by atoms with Crippen molar-refractivity contribution in [2.24, 2.45) is 0 Å². The van der Waals surface area contributed by atoms with E-state index in [0.29, 0.717) is 0 Å². The van der Waals surface area contributed by atoms with Crippen molar-refractivity contribution in [3.63, 3.8) is 0 Å². The maximum Gasteiger partial charge on any atom is 0.316 e. The molecule has 0 N–H and O–H groups in total. The van der Waals surface area contributed by atoms with Crippen molar-refractivity contribution >= 4 is 23.1 Å². The average Bonchev–Trinajstić information content (AvgIpc) is 2.08. The Morgan fingerprint density at radius 3 is 1.15 bits per heavy atom. The number of rotatable bonds is 0. The summed E-state index contributed by atoms with van der Waals surface area (Å²) in [5.41, 5.74) is 8.09. The molecule has 0 unspecified atom stereocenters. The number of hydrogen-bond acceptors (Lipinski definition) is 0. The normalized spacial score (nSPS) is 9.69. The summed E-state index contributed by atoms with van der Waals surface area (Å²) in [5.74, 6) is 0. The molecule has 0 spiro atoms. The minimum atomic E-state index is 0. The summed E-state index contributed by atoms with van der Waals surface area (Å²) >= 11 is 0. The zero-order valence-corrected chi connectivity index (χ0v) is 8.71. The third-order valence-electron chi connectivity index (χ3n) is 3.16. The van der Waals surface area contributed by atoms with Gasteiger partial charge in [-0.15, -0.1) is 0 Å². The monoisotopic (exact) mass is 187 g/mol. The van der Waals surface area contributed by atoms with E-state index >= 15 is 0 Å². The van der Waals surface area contributed by atoms with E-state index in [-0.39, 0.29) is 23.1 Å². The van der Waals surface area contributed by atoms with Crippen molar-refractivity contribution in [1.29, 1.82) is 0 Å². The van der Waals surface area contributed by atoms with Gasteiger partial charge in [-0.1, -0.05) is 0 Å². The average molecular weight is 188 g/mol. The Hall–Kier alpha value is -0.0138. The number of hydrogen-bond donors (Lipinski definition) is 0. The first-order valence-corrected chi connectivity index (χ1v) is 4.35. The minimum Gasteiger partial charge on any atom is -0.0447 e. The van der Waals surface area contributed by atoms with E-state index in [2.05, 4.69) is 41.5 Å². The molecule has 0 heterocycles. The van der Waals surface area contributed by atoms with Crippen LogP contribution in [0.25, 0.3) is 0 Å². The second-order valence-corrected chi connectivity index (χ2v) is 3.60. The lowest BCUT2D eigenvalue weighted by Crippen LogP contribution is -1.98. The fourth-order valence-corrected chi connectivity index (χ4v) is 1.58. The van der Waals surface area contributed by atoms with Gasteiger partial charge in [0.1, 0.15) is 0 Å². The van der Waals surface area contributed by atoms with Crippen molar-refractivity contribution in [1.82, 2.24) is 0 Å². The van der Waals surface area contributed by atoms with Crippen molar-refractivity contribution in [2.75, 3.05) is 0 Å². The van der Waals surface area contributed by atoms with E-state index in [1.165, 1.54) is 33.4 Å². The van der Waals surface area contributed by atoms with Crippen LogP contribution in [0.1, 0.15) is 33.4 Å². The van der Waals surface area contributed by atoms with Crippen molar-refractivity contribution in [3.8, 4) is 0 Å². The van der Waals surface area contributed by atoms with Gasteiger partial charge in [0, 0.05) is 0 Å². The van der Waals surface area contributed by atoms with Gasteiger partial charge in [0.05, 0.1) is 0 Å². The molecule has 0 aliphatic rings. The third kappa shape index (κ3) is 2.08. The summed E-state index contributed by atoms with van der Waals surface area (Å²) in [6, 6.07) is 0. The van der Waals surface area contributed by atoms with Crippen LogP contribution in [-0.4, -0.2) is 23.1 Å². The smallest absolute Gasteiger partial charge is 0.0447 e. The van der Waals surface area contributed by atoms with Gasteiger partial charge in [-0.05, 0) is 74.9 Å². The summed E-state index contributed by atoms with van der Waals surface area (Å²) in [6.07, 6.45) is 0. The number of benzene rings is 1. The van der Waals surface area contributed by atoms with Crippen LogP contribution < -0.4 is 0 Å². The molecule has 0 saturated heterocycles. The SMILES string of the molecule is [CH2]c1c(C)c(C)c(C)c(C)c1C.[MgH2]. The van der Waals surface area contributed by atoms with Gasteiger partial charge < -0.3 is 0 Å². The van der Waals surface area contributed by atoms with E-state index in [1.54, 1.807) is 0 Å². The topological polar surface area (TPSA) is 0 Å². The Bertz CT molecular complexity index is 219. The van der Waals surface area contributed by atoms with Crippen LogP contribution in [0.2, 0.25) is 0 Å². The molecule has 69 valence electrons. The lowest BCUT2D eigenvalue weighted by Gasteiger charge is -2.15. The largest absolute Gasteiger partial charge is 0.316 e. The molecule has 0 aliphatic heterocycles. The van der Waals surface area contributed by atoms with Gasteiger partial charge in [0.2, 0.25) is 0 Å². The van der Waals surface area contributed by atoms with Crippen LogP contribution in [0.15, 0.2) is 0 Å². The zero-order chi connectivity index (χ0) is 9.46. The van der Waals surface area contributed by atoms with Crippen molar-refractivity contribution in [2.45, 2.75) is 34.6 Å². The minimum absolute atomic E-state index is 0. The molecule has 1 radical (unpaired) electrons. The highest BCUT2D eigenvalue weighted by Crippen LogP contribution is 2.24. The lowest BCUT2D eigenvalue weighted by molar-refractivity contribution is 1.15. The second kappa shape index (κ2) is 4.47. The fraction of sp³-hybridized carbons (Fsp3) is 0.417. The molecular weight excluding hydrogens is 168 g/mol. The molecule has 1 heteroatoms. The van der Waals surface area contributed by atoms with Gasteiger partial charge in [0.25, 0.3) is 0 Å². The first kappa shape index (κ1) is 13.0. The fourth-order valence-electron chi connectivity index (χ4n) is 1.58. The van der Waals surface area contributed by atoms with Crippen molar-refractivity contribution < 1.29 is 0 Å². The molecule has 0 atom stereocenters. The van der Waals surface area contributed by atoms with Gasteiger partial charge in [-0.3, -0.25) is 0 Å². The highest BCUT2D eigenvalue weighted by molar-refractivity contribution is 5.75. The summed E-state index contributed by atoms with van der Waals surface area (Å²) in [6.45, 7) is 14.9. The second-order valence-electron chi connectivity index (χ2n) is 3.60. The molecule has 0 fully saturated rings. The molecule has 0 bridgehead atoms. The summed E-state index contributed by atoms with van der Waals surface area (Å²) < 4.78 is 0. The Labute approximate surface area is 97.9 Å². The molecule has 0 nitrogen and oxygen atoms in total. The molecule has 0 saturated carbocycles. The predicted molar refractivity (Wildman–Crippen MR) is 63.1 cm³/mol. The predicted octanol–water partition coefficient (Wildman–Crippen LogP) is 2.49. The Morgan fingerprint density at radius 1 is 0.615 bits per heavy atom. The van der Waals surface area contributed by atoms with Gasteiger partial charge in [0.15, 0.2) is 0 Å². The van der Waals surface area contributed by atoms with Crippen LogP contribution in [0.3, 0.4) is 0 Å². The molecule has 13 heavy (non-hydrogen) atoms. The highest BCUT2D eigenvalue weighted by Gasteiger charge is 2.07. The van der Waals surface area contributed by atoms with E-state index in [4.69, 9.17) is 0 Å². The van der Waals surface area contributed by atoms with E-state index in [1.807, 2.05) is 0 Å². The maximum atomic E-state index is 4.08. The first-order valence-electron chi connectivity index (χ1n) is 4.35. The molecule has 1 rings (SSSR count). The van der Waals surface area contributed by atoms with E-state index in [0.717, 1.165) is 0 Å². The molecule has 0 amide bonds. The first-order chi connectivity index (χ1) is 5.46. The van der Waals surface area contributed by atoms with Gasteiger partial charge >= 0.3 is 23.1 Å². The molecule has 1 aromatic rings. The quantitative estimate of drug-likeness (QED) is 0.548. The molecule has 1 aromatic carbocycles.